The molecule has 0 aromatic heterocycles. The topological polar surface area (TPSA) is 46.6 Å². The Labute approximate surface area is 206 Å². The van der Waals surface area contributed by atoms with E-state index in [1.165, 1.54) is 10.5 Å². The number of rotatable bonds is 11. The highest BCUT2D eigenvalue weighted by molar-refractivity contribution is 6.33. The molecule has 3 aromatic carbocycles. The summed E-state index contributed by atoms with van der Waals surface area (Å²) in [6.45, 7) is 3.22. The van der Waals surface area contributed by atoms with Crippen LogP contribution < -0.4 is 4.74 Å². The summed E-state index contributed by atoms with van der Waals surface area (Å²) in [6, 6.07) is 21.1. The van der Waals surface area contributed by atoms with Crippen molar-refractivity contribution >= 4 is 23.4 Å². The van der Waals surface area contributed by atoms with Gasteiger partial charge in [-0.25, -0.2) is 0 Å². The van der Waals surface area contributed by atoms with E-state index in [9.17, 15) is 9.59 Å². The second-order valence-corrected chi connectivity index (χ2v) is 9.11. The van der Waals surface area contributed by atoms with Gasteiger partial charge in [0.1, 0.15) is 5.75 Å². The molecule has 0 fully saturated rings. The van der Waals surface area contributed by atoms with Crippen molar-refractivity contribution in [3.63, 3.8) is 0 Å². The summed E-state index contributed by atoms with van der Waals surface area (Å²) < 4.78 is 6.11. The number of ether oxygens (including phenoxy) is 1. The highest BCUT2D eigenvalue weighted by Gasteiger charge is 2.34. The van der Waals surface area contributed by atoms with Crippen molar-refractivity contribution in [3.05, 3.63) is 88.4 Å². The van der Waals surface area contributed by atoms with E-state index in [4.69, 9.17) is 16.3 Å². The number of carbonyl (C=O) groups excluding carboxylic acids is 2. The molecule has 2 amide bonds. The second-order valence-electron chi connectivity index (χ2n) is 8.71. The Balaban J connectivity index is 1.15. The van der Waals surface area contributed by atoms with Gasteiger partial charge in [0.25, 0.3) is 11.8 Å². The molecular weight excluding hydrogens is 446 g/mol. The van der Waals surface area contributed by atoms with Crippen molar-refractivity contribution in [1.29, 1.82) is 0 Å². The van der Waals surface area contributed by atoms with E-state index in [1.54, 1.807) is 24.3 Å². The first-order chi connectivity index (χ1) is 16.6. The predicted octanol–water partition coefficient (Wildman–Crippen LogP) is 7.33. The zero-order chi connectivity index (χ0) is 23.9. The molecule has 0 unspecified atom stereocenters. The molecule has 4 nitrogen and oxygen atoms in total. The van der Waals surface area contributed by atoms with Gasteiger partial charge < -0.3 is 4.74 Å². The summed E-state index contributed by atoms with van der Waals surface area (Å²) in [5.74, 6) is 0.496. The zero-order valence-electron chi connectivity index (χ0n) is 19.6. The Morgan fingerprint density at radius 2 is 1.29 bits per heavy atom. The second kappa shape index (κ2) is 11.3. The normalized spacial score (nSPS) is 12.8. The molecule has 0 N–H and O–H groups in total. The molecule has 0 bridgehead atoms. The van der Waals surface area contributed by atoms with Gasteiger partial charge in [-0.1, -0.05) is 79.7 Å². The van der Waals surface area contributed by atoms with Crippen LogP contribution in [0.25, 0.3) is 11.1 Å². The van der Waals surface area contributed by atoms with E-state index in [0.717, 1.165) is 55.4 Å². The van der Waals surface area contributed by atoms with Crippen molar-refractivity contribution in [2.75, 3.05) is 13.2 Å². The Kier molecular flexibility index (Phi) is 8.02. The number of fused-ring (bicyclic) bond motifs is 1. The molecule has 3 aromatic rings. The Morgan fingerprint density at radius 1 is 0.706 bits per heavy atom. The van der Waals surface area contributed by atoms with E-state index in [1.807, 2.05) is 30.3 Å². The van der Waals surface area contributed by atoms with Gasteiger partial charge in [0.2, 0.25) is 0 Å². The van der Waals surface area contributed by atoms with E-state index in [-0.39, 0.29) is 11.8 Å². The van der Waals surface area contributed by atoms with Crippen molar-refractivity contribution in [3.8, 4) is 16.9 Å². The first kappa shape index (κ1) is 24.0. The van der Waals surface area contributed by atoms with Gasteiger partial charge in [-0.3, -0.25) is 14.5 Å². The number of halogens is 1. The van der Waals surface area contributed by atoms with Crippen LogP contribution in [0.15, 0.2) is 66.7 Å². The molecular formula is C29H30ClNO3. The van der Waals surface area contributed by atoms with Crippen molar-refractivity contribution < 1.29 is 14.3 Å². The lowest BCUT2D eigenvalue weighted by Gasteiger charge is -2.15. The van der Waals surface area contributed by atoms with E-state index in [2.05, 4.69) is 19.1 Å². The maximum absolute atomic E-state index is 12.4. The summed E-state index contributed by atoms with van der Waals surface area (Å²) in [4.78, 5) is 26.2. The molecule has 0 atom stereocenters. The van der Waals surface area contributed by atoms with Crippen LogP contribution >= 0.6 is 11.6 Å². The summed E-state index contributed by atoms with van der Waals surface area (Å²) in [7, 11) is 0. The maximum atomic E-state index is 12.4. The SMILES string of the molecule is Cc1ccccc1-c1c(Cl)cccc1OCCCCCCCCN1C(=O)c2ccccc2C1=O. The lowest BCUT2D eigenvalue weighted by Crippen LogP contribution is -2.30. The standard InChI is InChI=1S/C29H30ClNO3/c1-21-13-6-7-14-22(21)27-25(30)17-12-18-26(27)34-20-11-5-3-2-4-10-19-31-28(32)23-15-8-9-16-24(23)29(31)33/h6-9,12-18H,2-5,10-11,19-20H2,1H3. The molecule has 0 aliphatic carbocycles. The fourth-order valence-electron chi connectivity index (χ4n) is 4.44. The smallest absolute Gasteiger partial charge is 0.261 e. The van der Waals surface area contributed by atoms with Gasteiger partial charge in [0.15, 0.2) is 0 Å². The van der Waals surface area contributed by atoms with Crippen LogP contribution in [0.3, 0.4) is 0 Å². The number of hydrogen-bond acceptors (Lipinski definition) is 3. The molecule has 1 heterocycles. The molecule has 1 aliphatic heterocycles. The van der Waals surface area contributed by atoms with Crippen LogP contribution in [0.1, 0.15) is 64.8 Å². The number of benzene rings is 3. The average molecular weight is 476 g/mol. The number of nitrogens with zero attached hydrogens (tertiary/aromatic N) is 1. The lowest BCUT2D eigenvalue weighted by atomic mass is 10.00. The van der Waals surface area contributed by atoms with Crippen LogP contribution in [0.4, 0.5) is 0 Å². The minimum Gasteiger partial charge on any atom is -0.493 e. The minimum absolute atomic E-state index is 0.163. The van der Waals surface area contributed by atoms with Crippen LogP contribution in [-0.2, 0) is 0 Å². The monoisotopic (exact) mass is 475 g/mol. The predicted molar refractivity (Wildman–Crippen MR) is 137 cm³/mol. The Bertz CT molecular complexity index is 1140. The summed E-state index contributed by atoms with van der Waals surface area (Å²) in [5, 5.41) is 0.699. The molecule has 0 radical (unpaired) electrons. The summed E-state index contributed by atoms with van der Waals surface area (Å²) in [5.41, 5.74) is 4.27. The van der Waals surface area contributed by atoms with Crippen molar-refractivity contribution in [1.82, 2.24) is 4.90 Å². The highest BCUT2D eigenvalue weighted by atomic mass is 35.5. The molecule has 176 valence electrons. The van der Waals surface area contributed by atoms with Crippen LogP contribution in [0.5, 0.6) is 5.75 Å². The molecule has 1 aliphatic rings. The number of amides is 2. The van der Waals surface area contributed by atoms with Crippen molar-refractivity contribution in [2.24, 2.45) is 0 Å². The van der Waals surface area contributed by atoms with Crippen LogP contribution in [0.2, 0.25) is 5.02 Å². The van der Waals surface area contributed by atoms with Gasteiger partial charge in [-0.2, -0.15) is 0 Å². The fourth-order valence-corrected chi connectivity index (χ4v) is 4.71. The first-order valence-corrected chi connectivity index (χ1v) is 12.4. The molecule has 0 saturated heterocycles. The van der Waals surface area contributed by atoms with E-state index < -0.39 is 0 Å². The molecule has 4 rings (SSSR count). The highest BCUT2D eigenvalue weighted by Crippen LogP contribution is 2.38. The van der Waals surface area contributed by atoms with E-state index >= 15 is 0 Å². The Morgan fingerprint density at radius 3 is 1.97 bits per heavy atom. The van der Waals surface area contributed by atoms with Gasteiger partial charge >= 0.3 is 0 Å². The number of aryl methyl sites for hydroxylation is 1. The molecule has 0 spiro atoms. The van der Waals surface area contributed by atoms with Gasteiger partial charge in [-0.15, -0.1) is 0 Å². The zero-order valence-corrected chi connectivity index (χ0v) is 20.3. The van der Waals surface area contributed by atoms with Crippen molar-refractivity contribution in [2.45, 2.75) is 45.4 Å². The largest absolute Gasteiger partial charge is 0.493 e. The maximum Gasteiger partial charge on any atom is 0.261 e. The number of carbonyl (C=O) groups is 2. The Hall–Kier alpha value is -3.11. The van der Waals surface area contributed by atoms with Gasteiger partial charge in [0, 0.05) is 12.1 Å². The van der Waals surface area contributed by atoms with Gasteiger partial charge in [0.05, 0.1) is 22.8 Å². The average Bonchev–Trinajstić information content (AvgIpc) is 3.08. The third-order valence-electron chi connectivity index (χ3n) is 6.30. The van der Waals surface area contributed by atoms with Gasteiger partial charge in [-0.05, 0) is 55.2 Å². The minimum atomic E-state index is -0.163. The van der Waals surface area contributed by atoms with Crippen LogP contribution in [-0.4, -0.2) is 29.9 Å². The fraction of sp³-hybridized carbons (Fsp3) is 0.310. The molecule has 5 heteroatoms. The molecule has 34 heavy (non-hydrogen) atoms. The summed E-state index contributed by atoms with van der Waals surface area (Å²) >= 11 is 6.51. The summed E-state index contributed by atoms with van der Waals surface area (Å²) in [6.07, 6.45) is 6.07. The van der Waals surface area contributed by atoms with E-state index in [0.29, 0.717) is 29.3 Å². The van der Waals surface area contributed by atoms with Crippen LogP contribution in [0, 0.1) is 6.92 Å². The number of unbranched alkanes of at least 4 members (excludes halogenated alkanes) is 5. The molecule has 0 saturated carbocycles. The lowest BCUT2D eigenvalue weighted by molar-refractivity contribution is 0.0651. The number of hydrogen-bond donors (Lipinski definition) is 0. The third kappa shape index (κ3) is 5.34. The third-order valence-corrected chi connectivity index (χ3v) is 6.62. The quantitative estimate of drug-likeness (QED) is 0.215. The first-order valence-electron chi connectivity index (χ1n) is 12.0. The number of imide groups is 1.